The molecule has 0 unspecified atom stereocenters. The molecule has 9 aromatic rings. The number of rotatable bonds is 4. The van der Waals surface area contributed by atoms with E-state index in [9.17, 15) is 4.11 Å². The van der Waals surface area contributed by atoms with Gasteiger partial charge in [0, 0.05) is 51.1 Å². The largest absolute Gasteiger partial charge is 0.308 e. The van der Waals surface area contributed by atoms with Crippen molar-refractivity contribution < 1.29 is 24.7 Å². The summed E-state index contributed by atoms with van der Waals surface area (Å²) in [7, 11) is 0. The number of pyridine rings is 1. The molecule has 0 bridgehead atoms. The van der Waals surface area contributed by atoms with Crippen LogP contribution >= 0.6 is 0 Å². The van der Waals surface area contributed by atoms with Gasteiger partial charge in [-0.25, -0.2) is 9.97 Å². The van der Waals surface area contributed by atoms with Crippen molar-refractivity contribution in [1.82, 2.24) is 24.1 Å². The van der Waals surface area contributed by atoms with Gasteiger partial charge in [-0.2, -0.15) is 0 Å². The van der Waals surface area contributed by atoms with Crippen molar-refractivity contribution in [2.75, 3.05) is 0 Å². The van der Waals surface area contributed by atoms with Crippen LogP contribution in [-0.2, 0) is 0 Å². The monoisotopic (exact) mass is 581 g/mol. The molecule has 44 heavy (non-hydrogen) atoms. The van der Waals surface area contributed by atoms with Gasteiger partial charge in [-0.15, -0.1) is 0 Å². The van der Waals surface area contributed by atoms with Crippen molar-refractivity contribution in [3.05, 3.63) is 151 Å². The van der Waals surface area contributed by atoms with E-state index < -0.39 is 148 Å². The third-order valence-electron chi connectivity index (χ3n) is 7.23. The molecule has 0 N–H and O–H groups in total. The Hall–Kier alpha value is -6.07. The van der Waals surface area contributed by atoms with Crippen LogP contribution in [0, 0.1) is 0 Å². The Bertz CT molecular complexity index is 3370. The van der Waals surface area contributed by atoms with E-state index in [-0.39, 0.29) is 16.5 Å². The molecule has 0 fully saturated rings. The summed E-state index contributed by atoms with van der Waals surface area (Å²) < 4.78 is 161. The van der Waals surface area contributed by atoms with Crippen molar-refractivity contribution in [1.29, 1.82) is 0 Å². The van der Waals surface area contributed by atoms with Crippen molar-refractivity contribution in [3.63, 3.8) is 0 Å². The minimum atomic E-state index is -0.837. The maximum Gasteiger partial charge on any atom is 0.164 e. The molecule has 4 heterocycles. The molecule has 0 aliphatic heterocycles. The average molecular weight is 582 g/mol. The van der Waals surface area contributed by atoms with Crippen LogP contribution in [0.3, 0.4) is 0 Å². The van der Waals surface area contributed by atoms with E-state index in [4.69, 9.17) is 20.6 Å². The van der Waals surface area contributed by atoms with Crippen LogP contribution in [0.2, 0.25) is 0 Å². The van der Waals surface area contributed by atoms with Crippen LogP contribution in [0.15, 0.2) is 151 Å². The number of fused-ring (bicyclic) bond motifs is 6. The first-order chi connectivity index (χ1) is 29.3. The Morgan fingerprint density at radius 3 is 2.05 bits per heavy atom. The molecule has 0 saturated carbocycles. The van der Waals surface area contributed by atoms with Crippen molar-refractivity contribution in [2.45, 2.75) is 0 Å². The first-order valence-corrected chi connectivity index (χ1v) is 13.2. The second kappa shape index (κ2) is 9.75. The normalized spacial score (nSPS) is 17.4. The molecule has 206 valence electrons. The van der Waals surface area contributed by atoms with E-state index in [2.05, 4.69) is 15.0 Å². The SMILES string of the molecule is [2H]c1c(-c2c([2H])c([2H])c([2H])c([2H])c2[2H])nc(-c2c([2H])c([2H])c([2H])c([2H])c2-n2c3ccccc3c3cnccc32)nc1-n1c2c([2H])c([2H])c([2H])c([2H])c2c2c([2H])c([2H])c([2H])c([2H])c21. The zero-order valence-corrected chi connectivity index (χ0v) is 22.3. The first-order valence-electron chi connectivity index (χ1n) is 22.2. The summed E-state index contributed by atoms with van der Waals surface area (Å²) in [6.45, 7) is 0. The fourth-order valence-corrected chi connectivity index (χ4v) is 5.42. The lowest BCUT2D eigenvalue weighted by Crippen LogP contribution is -2.04. The van der Waals surface area contributed by atoms with Crippen LogP contribution in [0.4, 0.5) is 0 Å². The lowest BCUT2D eigenvalue weighted by molar-refractivity contribution is 1.04. The highest BCUT2D eigenvalue weighted by Gasteiger charge is 2.20. The lowest BCUT2D eigenvalue weighted by atomic mass is 10.1. The fraction of sp³-hybridized carbons (Fsp3) is 0. The number of hydrogen-bond donors (Lipinski definition) is 0. The van der Waals surface area contributed by atoms with E-state index in [1.807, 2.05) is 0 Å². The molecule has 5 heteroatoms. The van der Waals surface area contributed by atoms with E-state index in [0.29, 0.717) is 21.8 Å². The zero-order chi connectivity index (χ0) is 44.7. The Kier molecular flexibility index (Phi) is 2.80. The predicted molar refractivity (Wildman–Crippen MR) is 179 cm³/mol. The van der Waals surface area contributed by atoms with E-state index in [0.717, 1.165) is 4.57 Å². The molecule has 0 saturated heterocycles. The second-order valence-corrected chi connectivity index (χ2v) is 9.60. The second-order valence-electron chi connectivity index (χ2n) is 9.60. The summed E-state index contributed by atoms with van der Waals surface area (Å²) in [5.74, 6) is -1.30. The lowest BCUT2D eigenvalue weighted by Gasteiger charge is -2.15. The molecular weight excluding hydrogens is 538 g/mol. The van der Waals surface area contributed by atoms with Crippen LogP contribution in [0.25, 0.3) is 77.8 Å². The molecule has 0 aliphatic carbocycles. The standard InChI is InChI=1S/C39H25N5/c1-2-12-26(13-3-1)32-24-38(44-34-19-9-4-14-27(34)28-15-5-10-20-35(28)44)42-39(41-32)30-17-7-11-21-36(30)43-33-18-8-6-16-29(33)31-25-40-23-22-37(31)43/h1-25H/i1D,2D,3D,4D,5D,7D,9D,10D,11D,12D,13D,14D,15D,17D,19D,20D,21D,24D. The summed E-state index contributed by atoms with van der Waals surface area (Å²) in [6, 6.07) is -4.93. The Morgan fingerprint density at radius 1 is 0.545 bits per heavy atom. The summed E-state index contributed by atoms with van der Waals surface area (Å²) in [5.41, 5.74) is -1.97. The summed E-state index contributed by atoms with van der Waals surface area (Å²) in [5, 5.41) is 0.495. The van der Waals surface area contributed by atoms with Gasteiger partial charge >= 0.3 is 0 Å². The van der Waals surface area contributed by atoms with E-state index in [1.54, 1.807) is 36.5 Å². The molecule has 0 radical (unpaired) electrons. The third kappa shape index (κ3) is 3.69. The molecular formula is C39H25N5. The van der Waals surface area contributed by atoms with Crippen LogP contribution in [-0.4, -0.2) is 24.1 Å². The number of aromatic nitrogens is 5. The highest BCUT2D eigenvalue weighted by atomic mass is 15.1. The molecule has 9 rings (SSSR count). The Morgan fingerprint density at radius 2 is 1.23 bits per heavy atom. The maximum absolute atomic E-state index is 9.65. The molecule has 0 aliphatic rings. The molecule has 4 aromatic heterocycles. The topological polar surface area (TPSA) is 48.5 Å². The Labute approximate surface area is 278 Å². The predicted octanol–water partition coefficient (Wildman–Crippen LogP) is 9.40. The Balaban J connectivity index is 1.56. The van der Waals surface area contributed by atoms with Gasteiger partial charge in [-0.3, -0.25) is 9.55 Å². The van der Waals surface area contributed by atoms with Gasteiger partial charge in [-0.1, -0.05) is 96.8 Å². The van der Waals surface area contributed by atoms with Crippen molar-refractivity contribution in [2.24, 2.45) is 0 Å². The maximum atomic E-state index is 9.65. The number of para-hydroxylation sites is 4. The minimum Gasteiger partial charge on any atom is -0.308 e. The summed E-state index contributed by atoms with van der Waals surface area (Å²) in [4.78, 5) is 13.5. The molecule has 5 nitrogen and oxygen atoms in total. The molecule has 5 aromatic carbocycles. The van der Waals surface area contributed by atoms with Gasteiger partial charge < -0.3 is 4.57 Å². The van der Waals surface area contributed by atoms with Crippen LogP contribution in [0.1, 0.15) is 24.7 Å². The minimum absolute atomic E-state index is 0.213. The molecule has 0 amide bonds. The van der Waals surface area contributed by atoms with Crippen molar-refractivity contribution >= 4 is 43.6 Å². The van der Waals surface area contributed by atoms with Gasteiger partial charge in [0.05, 0.1) is 58.1 Å². The van der Waals surface area contributed by atoms with Crippen LogP contribution < -0.4 is 0 Å². The summed E-state index contributed by atoms with van der Waals surface area (Å²) in [6.07, 6.45) is 3.06. The molecule has 0 spiro atoms. The highest BCUT2D eigenvalue weighted by Crippen LogP contribution is 2.37. The van der Waals surface area contributed by atoms with Gasteiger partial charge in [0.2, 0.25) is 0 Å². The van der Waals surface area contributed by atoms with Crippen LogP contribution in [0.5, 0.6) is 0 Å². The average Bonchev–Trinajstić information content (AvgIpc) is 3.80. The number of hydrogen-bond acceptors (Lipinski definition) is 3. The third-order valence-corrected chi connectivity index (χ3v) is 7.23. The highest BCUT2D eigenvalue weighted by molar-refractivity contribution is 6.10. The summed E-state index contributed by atoms with van der Waals surface area (Å²) >= 11 is 0. The van der Waals surface area contributed by atoms with Crippen molar-refractivity contribution in [3.8, 4) is 34.2 Å². The first kappa shape index (κ1) is 12.7. The zero-order valence-electron chi connectivity index (χ0n) is 40.3. The van der Waals surface area contributed by atoms with E-state index >= 15 is 0 Å². The fourth-order valence-electron chi connectivity index (χ4n) is 5.42. The van der Waals surface area contributed by atoms with E-state index in [1.165, 1.54) is 10.8 Å². The van der Waals surface area contributed by atoms with Gasteiger partial charge in [-0.05, 0) is 36.3 Å². The molecule has 0 atom stereocenters. The number of nitrogens with zero attached hydrogens (tertiary/aromatic N) is 5. The van der Waals surface area contributed by atoms with Gasteiger partial charge in [0.1, 0.15) is 5.82 Å². The smallest absolute Gasteiger partial charge is 0.164 e. The quantitative estimate of drug-likeness (QED) is 0.208. The van der Waals surface area contributed by atoms with Gasteiger partial charge in [0.25, 0.3) is 0 Å². The number of benzene rings is 5. The van der Waals surface area contributed by atoms with Gasteiger partial charge in [0.15, 0.2) is 5.82 Å².